The summed E-state index contributed by atoms with van der Waals surface area (Å²) >= 11 is 6.93. The number of rotatable bonds is 6. The molecule has 3 rings (SSSR count). The number of aryl methyl sites for hydroxylation is 1. The van der Waals surface area contributed by atoms with Gasteiger partial charge in [0.15, 0.2) is 0 Å². The lowest BCUT2D eigenvalue weighted by Gasteiger charge is -2.13. The number of hydrogen-bond acceptors (Lipinski definition) is 6. The van der Waals surface area contributed by atoms with Gasteiger partial charge in [-0.25, -0.2) is 4.79 Å². The van der Waals surface area contributed by atoms with Gasteiger partial charge in [-0.1, -0.05) is 29.8 Å². The van der Waals surface area contributed by atoms with E-state index in [0.29, 0.717) is 27.4 Å². The number of esters is 1. The van der Waals surface area contributed by atoms with Crippen LogP contribution < -0.4 is 5.32 Å². The van der Waals surface area contributed by atoms with Crippen LogP contribution in [-0.4, -0.2) is 53.1 Å². The zero-order chi connectivity index (χ0) is 22.7. The lowest BCUT2D eigenvalue weighted by Crippen LogP contribution is -2.37. The molecule has 1 aliphatic rings. The Morgan fingerprint density at radius 3 is 2.65 bits per heavy atom. The monoisotopic (exact) mass is 461 g/mol. The van der Waals surface area contributed by atoms with Crippen LogP contribution in [0.5, 0.6) is 0 Å². The second kappa shape index (κ2) is 9.40. The van der Waals surface area contributed by atoms with E-state index in [4.69, 9.17) is 16.3 Å². The van der Waals surface area contributed by atoms with Gasteiger partial charge in [0.25, 0.3) is 17.1 Å². The molecule has 0 unspecified atom stereocenters. The first kappa shape index (κ1) is 22.6. The van der Waals surface area contributed by atoms with E-state index in [1.54, 1.807) is 44.2 Å². The number of ether oxygens (including phenoxy) is 1. The van der Waals surface area contributed by atoms with Gasteiger partial charge in [-0.15, -0.1) is 0 Å². The molecule has 0 radical (unpaired) electrons. The Labute approximate surface area is 188 Å². The fourth-order valence-corrected chi connectivity index (χ4v) is 4.23. The van der Waals surface area contributed by atoms with Gasteiger partial charge in [0, 0.05) is 23.8 Å². The van der Waals surface area contributed by atoms with E-state index in [2.05, 4.69) is 10.3 Å². The molecule has 3 amide bonds. The topological polar surface area (TPSA) is 109 Å². The highest BCUT2D eigenvalue weighted by Gasteiger charge is 2.35. The van der Waals surface area contributed by atoms with Crippen LogP contribution in [0.2, 0.25) is 5.02 Å². The fourth-order valence-electron chi connectivity index (χ4n) is 3.18. The van der Waals surface area contributed by atoms with Gasteiger partial charge >= 0.3 is 5.97 Å². The molecule has 0 saturated carbocycles. The number of H-pyrrole nitrogens is 1. The fraction of sp³-hybridized carbons (Fsp3) is 0.238. The van der Waals surface area contributed by atoms with Crippen molar-refractivity contribution in [2.75, 3.05) is 20.2 Å². The highest BCUT2D eigenvalue weighted by atomic mass is 35.5. The minimum atomic E-state index is -0.534. The molecule has 0 atom stereocenters. The Bertz CT molecular complexity index is 1110. The number of amides is 3. The normalized spacial score (nSPS) is 15.0. The molecule has 0 spiro atoms. The number of aromatic amines is 1. The Balaban J connectivity index is 1.64. The average Bonchev–Trinajstić information content (AvgIpc) is 3.18. The smallest absolute Gasteiger partial charge is 0.339 e. The number of benzene rings is 1. The predicted molar refractivity (Wildman–Crippen MR) is 118 cm³/mol. The van der Waals surface area contributed by atoms with Gasteiger partial charge in [-0.05, 0) is 48.9 Å². The third kappa shape index (κ3) is 4.67. The Morgan fingerprint density at radius 2 is 1.97 bits per heavy atom. The van der Waals surface area contributed by atoms with Crippen LogP contribution in [-0.2, 0) is 9.53 Å². The maximum Gasteiger partial charge on any atom is 0.339 e. The summed E-state index contributed by atoms with van der Waals surface area (Å²) in [4.78, 5) is 53.4. The molecule has 2 N–H and O–H groups in total. The number of carbonyl (C=O) groups is 4. The van der Waals surface area contributed by atoms with Crippen molar-refractivity contribution in [2.24, 2.45) is 0 Å². The number of halogens is 1. The van der Waals surface area contributed by atoms with Crippen LogP contribution in [0.3, 0.4) is 0 Å². The van der Waals surface area contributed by atoms with Crippen LogP contribution in [0.1, 0.15) is 37.7 Å². The summed E-state index contributed by atoms with van der Waals surface area (Å²) < 4.78 is 4.74. The molecule has 0 bridgehead atoms. The van der Waals surface area contributed by atoms with Gasteiger partial charge in [0.1, 0.15) is 5.69 Å². The number of aromatic nitrogens is 1. The molecule has 162 valence electrons. The number of hydrogen-bond donors (Lipinski definition) is 2. The largest absolute Gasteiger partial charge is 0.465 e. The average molecular weight is 462 g/mol. The van der Waals surface area contributed by atoms with Crippen LogP contribution in [0.4, 0.5) is 4.79 Å². The number of imide groups is 1. The number of carbonyl (C=O) groups excluding carboxylic acids is 4. The van der Waals surface area contributed by atoms with Gasteiger partial charge in [-0.2, -0.15) is 0 Å². The van der Waals surface area contributed by atoms with Gasteiger partial charge in [0.05, 0.1) is 17.6 Å². The van der Waals surface area contributed by atoms with Gasteiger partial charge in [-0.3, -0.25) is 19.3 Å². The van der Waals surface area contributed by atoms with Crippen molar-refractivity contribution in [3.63, 3.8) is 0 Å². The highest BCUT2D eigenvalue weighted by molar-refractivity contribution is 8.18. The van der Waals surface area contributed by atoms with Crippen molar-refractivity contribution in [1.82, 2.24) is 15.2 Å². The van der Waals surface area contributed by atoms with Gasteiger partial charge in [0.2, 0.25) is 0 Å². The third-order valence-electron chi connectivity index (χ3n) is 4.74. The minimum Gasteiger partial charge on any atom is -0.465 e. The molecule has 1 aromatic carbocycles. The molecular weight excluding hydrogens is 442 g/mol. The zero-order valence-electron chi connectivity index (χ0n) is 17.1. The van der Waals surface area contributed by atoms with Crippen molar-refractivity contribution in [3.05, 3.63) is 62.3 Å². The first-order valence-corrected chi connectivity index (χ1v) is 10.5. The summed E-state index contributed by atoms with van der Waals surface area (Å²) in [6.07, 6.45) is 1.57. The Kier molecular flexibility index (Phi) is 6.87. The molecule has 10 heteroatoms. The molecule has 2 aromatic rings. The standard InChI is InChI=1S/C21H20ClN3O5S/c1-11-16(20(28)30-3)12(2)24-17(11)18(26)23-8-9-25-19(27)15(31-21(25)29)10-13-6-4-5-7-14(13)22/h4-7,10,24H,8-9H2,1-3H3,(H,23,26). The van der Waals surface area contributed by atoms with Crippen LogP contribution in [0.25, 0.3) is 6.08 Å². The first-order valence-electron chi connectivity index (χ1n) is 9.30. The Hall–Kier alpha value is -3.04. The van der Waals surface area contributed by atoms with Crippen LogP contribution in [0, 0.1) is 13.8 Å². The molecule has 31 heavy (non-hydrogen) atoms. The molecule has 1 fully saturated rings. The minimum absolute atomic E-state index is 0.0128. The first-order chi connectivity index (χ1) is 14.7. The number of nitrogens with zero attached hydrogens (tertiary/aromatic N) is 1. The maximum atomic E-state index is 12.6. The SMILES string of the molecule is COC(=O)c1c(C)[nH]c(C(=O)NCCN2C(=O)SC(=Cc3ccccc3Cl)C2=O)c1C. The molecule has 8 nitrogen and oxygen atoms in total. The summed E-state index contributed by atoms with van der Waals surface area (Å²) in [5.41, 5.74) is 2.16. The number of nitrogens with one attached hydrogen (secondary N) is 2. The highest BCUT2D eigenvalue weighted by Crippen LogP contribution is 2.33. The van der Waals surface area contributed by atoms with E-state index in [9.17, 15) is 19.2 Å². The predicted octanol–water partition coefficient (Wildman–Crippen LogP) is 3.54. The van der Waals surface area contributed by atoms with E-state index >= 15 is 0 Å². The lowest BCUT2D eigenvalue weighted by atomic mass is 10.1. The van der Waals surface area contributed by atoms with Crippen molar-refractivity contribution < 1.29 is 23.9 Å². The second-order valence-corrected chi connectivity index (χ2v) is 8.13. The lowest BCUT2D eigenvalue weighted by molar-refractivity contribution is -0.122. The third-order valence-corrected chi connectivity index (χ3v) is 5.99. The van der Waals surface area contributed by atoms with Crippen molar-refractivity contribution in [1.29, 1.82) is 0 Å². The van der Waals surface area contributed by atoms with E-state index in [-0.39, 0.29) is 23.7 Å². The molecule has 1 aliphatic heterocycles. The molecule has 0 aliphatic carbocycles. The molecule has 1 aromatic heterocycles. The van der Waals surface area contributed by atoms with Crippen molar-refractivity contribution >= 4 is 52.5 Å². The summed E-state index contributed by atoms with van der Waals surface area (Å²) in [7, 11) is 1.27. The quantitative estimate of drug-likeness (QED) is 0.503. The summed E-state index contributed by atoms with van der Waals surface area (Å²) in [6.45, 7) is 3.38. The summed E-state index contributed by atoms with van der Waals surface area (Å²) in [5, 5.41) is 2.72. The van der Waals surface area contributed by atoms with E-state index in [1.165, 1.54) is 7.11 Å². The number of methoxy groups -OCH3 is 1. The summed E-state index contributed by atoms with van der Waals surface area (Å²) in [6, 6.07) is 7.01. The van der Waals surface area contributed by atoms with E-state index in [1.807, 2.05) is 0 Å². The molecular formula is C21H20ClN3O5S. The molecule has 2 heterocycles. The van der Waals surface area contributed by atoms with Crippen molar-refractivity contribution in [3.8, 4) is 0 Å². The second-order valence-electron chi connectivity index (χ2n) is 6.73. The van der Waals surface area contributed by atoms with Crippen LogP contribution in [0.15, 0.2) is 29.2 Å². The maximum absolute atomic E-state index is 12.6. The number of thioether (sulfide) groups is 1. The molecule has 1 saturated heterocycles. The Morgan fingerprint density at radius 1 is 1.26 bits per heavy atom. The van der Waals surface area contributed by atoms with E-state index < -0.39 is 23.0 Å². The van der Waals surface area contributed by atoms with Gasteiger partial charge < -0.3 is 15.0 Å². The van der Waals surface area contributed by atoms with Crippen molar-refractivity contribution in [2.45, 2.75) is 13.8 Å². The van der Waals surface area contributed by atoms with E-state index in [0.717, 1.165) is 16.7 Å². The van der Waals surface area contributed by atoms with Crippen LogP contribution >= 0.6 is 23.4 Å². The zero-order valence-corrected chi connectivity index (χ0v) is 18.6. The summed E-state index contributed by atoms with van der Waals surface area (Å²) in [5.74, 6) is -1.42.